The Morgan fingerprint density at radius 2 is 0.923 bits per heavy atom. The van der Waals surface area contributed by atoms with Crippen molar-refractivity contribution >= 4 is 17.1 Å². The maximum absolute atomic E-state index is 10.7. The van der Waals surface area contributed by atoms with Crippen molar-refractivity contribution in [2.45, 2.75) is 108 Å². The molecule has 4 saturated carbocycles. The third kappa shape index (κ3) is 4.01. The molecule has 1 nitrogen and oxygen atoms in total. The average Bonchev–Trinajstić information content (AvgIpc) is 3.73. The standard InChI is InChI=1S/C51H53N/c1-48(2)21-22-49(3,4)47-30-37(17-20-44(47)48)52(35-15-18-40-38-11-7-9-13-42(38)50(5,6)45(40)28-35)36-16-19-41-39-12-8-10-14-43(39)51(46(41)29-36)33-24-31-23-32(26-33)27-34(51)25-31/h7-20,28-34H,21-27H2,1-6H3/i7D,8D,9D,10D,11D,12D,13D,14D,15D,16D,17D,18D,19D,20D,28D,29D,30D. The van der Waals surface area contributed by atoms with Crippen LogP contribution in [0.15, 0.2) is 103 Å². The molecule has 0 radical (unpaired) electrons. The van der Waals surface area contributed by atoms with Gasteiger partial charge < -0.3 is 4.90 Å². The topological polar surface area (TPSA) is 3.24 Å². The SMILES string of the molecule is [2H]c1c([2H])c([2H])c2c(c1[2H])-c1c([2H])c([2H])c(N(c3c([2H])c([2H])c4c(c3[2H])C(C)(C)CCC4(C)C)c3c([2H])c([2H])c4c(c3[2H])C3(c5c([2H])c([2H])c([2H])c([2H])c5-4)C4CC5CC(C4)CC3C5)c([2H])c1C2(C)C. The number of nitrogens with zero attached hydrogens (tertiary/aromatic N) is 1. The lowest BCUT2D eigenvalue weighted by atomic mass is 9.43. The fraction of sp³-hybridized carbons (Fsp3) is 0.412. The van der Waals surface area contributed by atoms with Crippen molar-refractivity contribution < 1.29 is 23.3 Å². The van der Waals surface area contributed by atoms with Gasteiger partial charge in [0.2, 0.25) is 0 Å². The Balaban J connectivity index is 1.33. The molecule has 1 spiro atoms. The average molecular weight is 697 g/mol. The van der Waals surface area contributed by atoms with Gasteiger partial charge in [-0.1, -0.05) is 108 Å². The van der Waals surface area contributed by atoms with E-state index in [4.69, 9.17) is 8.22 Å². The van der Waals surface area contributed by atoms with Gasteiger partial charge in [-0.2, -0.15) is 0 Å². The molecule has 0 N–H and O–H groups in total. The molecule has 4 bridgehead atoms. The number of rotatable bonds is 3. The normalized spacial score (nSPS) is 33.2. The molecular formula is C51H53N. The summed E-state index contributed by atoms with van der Waals surface area (Å²) in [5.74, 6) is 0.340. The number of benzene rings is 5. The fourth-order valence-electron chi connectivity index (χ4n) is 11.7. The molecule has 1 heteroatoms. The van der Waals surface area contributed by atoms with Gasteiger partial charge in [-0.05, 0) is 171 Å². The quantitative estimate of drug-likeness (QED) is 0.181. The molecule has 52 heavy (non-hydrogen) atoms. The summed E-state index contributed by atoms with van der Waals surface area (Å²) in [5.41, 5.74) is -3.35. The Morgan fingerprint density at radius 3 is 1.56 bits per heavy atom. The van der Waals surface area contributed by atoms with Crippen LogP contribution in [0.5, 0.6) is 0 Å². The lowest BCUT2D eigenvalue weighted by Gasteiger charge is -2.61. The summed E-state index contributed by atoms with van der Waals surface area (Å²) in [6.07, 6.45) is 5.18. The fourth-order valence-corrected chi connectivity index (χ4v) is 11.7. The van der Waals surface area contributed by atoms with Gasteiger partial charge >= 0.3 is 0 Å². The maximum atomic E-state index is 10.7. The first kappa shape index (κ1) is 18.8. The maximum Gasteiger partial charge on any atom is 0.0648 e. The Bertz CT molecular complexity index is 3230. The number of anilines is 3. The Labute approximate surface area is 335 Å². The van der Waals surface area contributed by atoms with Crippen LogP contribution < -0.4 is 4.90 Å². The molecule has 12 rings (SSSR count). The molecule has 0 atom stereocenters. The molecule has 0 aliphatic heterocycles. The molecule has 7 aliphatic carbocycles. The molecule has 0 saturated heterocycles. The van der Waals surface area contributed by atoms with Crippen LogP contribution in [-0.4, -0.2) is 0 Å². The van der Waals surface area contributed by atoms with E-state index in [0.717, 1.165) is 37.0 Å². The Kier molecular flexibility index (Phi) is 3.72. The second-order valence-corrected chi connectivity index (χ2v) is 18.3. The van der Waals surface area contributed by atoms with E-state index in [0.29, 0.717) is 41.4 Å². The van der Waals surface area contributed by atoms with Crippen LogP contribution in [0.3, 0.4) is 0 Å². The van der Waals surface area contributed by atoms with E-state index in [1.165, 1.54) is 0 Å². The highest BCUT2D eigenvalue weighted by atomic mass is 15.1. The second-order valence-electron chi connectivity index (χ2n) is 18.3. The molecule has 0 aromatic heterocycles. The summed E-state index contributed by atoms with van der Waals surface area (Å²) in [5, 5.41) is 0. The van der Waals surface area contributed by atoms with Crippen LogP contribution in [0, 0.1) is 23.7 Å². The summed E-state index contributed by atoms with van der Waals surface area (Å²) in [7, 11) is 0. The van der Waals surface area contributed by atoms with E-state index in [9.17, 15) is 15.1 Å². The van der Waals surface area contributed by atoms with Gasteiger partial charge in [-0.25, -0.2) is 0 Å². The van der Waals surface area contributed by atoms with E-state index in [1.807, 2.05) is 27.7 Å². The molecule has 0 unspecified atom stereocenters. The third-order valence-corrected chi connectivity index (χ3v) is 14.2. The first-order valence-corrected chi connectivity index (χ1v) is 19.0. The zero-order valence-corrected chi connectivity index (χ0v) is 30.7. The van der Waals surface area contributed by atoms with Crippen molar-refractivity contribution in [2.24, 2.45) is 23.7 Å². The first-order chi connectivity index (χ1) is 32.1. The van der Waals surface area contributed by atoms with Crippen molar-refractivity contribution in [1.29, 1.82) is 0 Å². The summed E-state index contributed by atoms with van der Waals surface area (Å²) in [4.78, 5) is 1.14. The van der Waals surface area contributed by atoms with Crippen LogP contribution in [0.25, 0.3) is 22.3 Å². The molecule has 0 heterocycles. The first-order valence-electron chi connectivity index (χ1n) is 27.5. The van der Waals surface area contributed by atoms with Gasteiger partial charge in [0.05, 0.1) is 23.3 Å². The van der Waals surface area contributed by atoms with Crippen LogP contribution in [0.2, 0.25) is 0 Å². The van der Waals surface area contributed by atoms with Crippen molar-refractivity contribution in [3.63, 3.8) is 0 Å². The second kappa shape index (κ2) is 10.3. The minimum absolute atomic E-state index is 0.0190. The summed E-state index contributed by atoms with van der Waals surface area (Å²) in [6.45, 7) is 11.2. The van der Waals surface area contributed by atoms with Gasteiger partial charge in [0.25, 0.3) is 0 Å². The highest BCUT2D eigenvalue weighted by Gasteiger charge is 2.61. The van der Waals surface area contributed by atoms with Gasteiger partial charge in [0.1, 0.15) is 0 Å². The monoisotopic (exact) mass is 697 g/mol. The van der Waals surface area contributed by atoms with Gasteiger partial charge in [-0.15, -0.1) is 0 Å². The third-order valence-electron chi connectivity index (χ3n) is 14.2. The summed E-state index contributed by atoms with van der Waals surface area (Å²) >= 11 is 0. The zero-order valence-electron chi connectivity index (χ0n) is 47.7. The van der Waals surface area contributed by atoms with Crippen LogP contribution in [0.1, 0.15) is 143 Å². The van der Waals surface area contributed by atoms with Gasteiger partial charge in [-0.3, -0.25) is 0 Å². The van der Waals surface area contributed by atoms with Crippen molar-refractivity contribution in [3.05, 3.63) is 136 Å². The van der Waals surface area contributed by atoms with E-state index >= 15 is 0 Å². The van der Waals surface area contributed by atoms with Gasteiger partial charge in [0.15, 0.2) is 0 Å². The summed E-state index contributed by atoms with van der Waals surface area (Å²) in [6, 6.07) is -7.48. The Morgan fingerprint density at radius 1 is 0.462 bits per heavy atom. The van der Waals surface area contributed by atoms with Crippen LogP contribution in [-0.2, 0) is 21.7 Å². The van der Waals surface area contributed by atoms with Crippen molar-refractivity contribution in [3.8, 4) is 22.3 Å². The summed E-state index contributed by atoms with van der Waals surface area (Å²) < 4.78 is 163. The lowest BCUT2D eigenvalue weighted by molar-refractivity contribution is -0.0399. The molecule has 0 amide bonds. The van der Waals surface area contributed by atoms with Gasteiger partial charge in [0, 0.05) is 27.9 Å². The predicted molar refractivity (Wildman–Crippen MR) is 217 cm³/mol. The minimum atomic E-state index is -1.40. The molecule has 262 valence electrons. The molecule has 5 aromatic carbocycles. The van der Waals surface area contributed by atoms with Crippen molar-refractivity contribution in [2.75, 3.05) is 4.90 Å². The number of fused-ring (bicyclic) bond motifs is 7. The highest BCUT2D eigenvalue weighted by molar-refractivity contribution is 5.89. The number of hydrogen-bond acceptors (Lipinski definition) is 1. The molecule has 4 fully saturated rings. The smallest absolute Gasteiger partial charge is 0.0648 e. The minimum Gasteiger partial charge on any atom is -0.310 e. The largest absolute Gasteiger partial charge is 0.310 e. The van der Waals surface area contributed by atoms with E-state index in [1.54, 1.807) is 13.8 Å². The zero-order chi connectivity index (χ0) is 50.2. The van der Waals surface area contributed by atoms with Crippen molar-refractivity contribution in [1.82, 2.24) is 0 Å². The predicted octanol–water partition coefficient (Wildman–Crippen LogP) is 13.5. The van der Waals surface area contributed by atoms with Crippen LogP contribution in [0.4, 0.5) is 17.1 Å². The highest BCUT2D eigenvalue weighted by Crippen LogP contribution is 2.69. The number of hydrogen-bond donors (Lipinski definition) is 0. The molecule has 7 aliphatic rings. The molecular weight excluding hydrogens is 627 g/mol. The van der Waals surface area contributed by atoms with E-state index < -0.39 is 93.8 Å². The van der Waals surface area contributed by atoms with E-state index in [-0.39, 0.29) is 98.4 Å². The Hall–Kier alpha value is -4.10. The van der Waals surface area contributed by atoms with E-state index in [2.05, 4.69) is 0 Å². The van der Waals surface area contributed by atoms with Crippen LogP contribution >= 0.6 is 0 Å². The lowest BCUT2D eigenvalue weighted by Crippen LogP contribution is -2.55. The molecule has 5 aromatic rings.